The van der Waals surface area contributed by atoms with Crippen molar-refractivity contribution in [3.05, 3.63) is 71.5 Å². The molecule has 1 heterocycles. The number of para-hydroxylation sites is 1. The summed E-state index contributed by atoms with van der Waals surface area (Å²) in [5.41, 5.74) is 2.58. The van der Waals surface area contributed by atoms with Gasteiger partial charge in [0.25, 0.3) is 5.91 Å². The summed E-state index contributed by atoms with van der Waals surface area (Å²) in [5, 5.41) is 7.76. The van der Waals surface area contributed by atoms with Crippen LogP contribution in [-0.4, -0.2) is 23.0 Å². The molecule has 29 heavy (non-hydrogen) atoms. The highest BCUT2D eigenvalue weighted by Gasteiger charge is 2.23. The second-order valence-corrected chi connectivity index (χ2v) is 7.52. The Kier molecular flexibility index (Phi) is 6.70. The van der Waals surface area contributed by atoms with E-state index in [1.165, 1.54) is 23.1 Å². The number of pyridine rings is 1. The summed E-state index contributed by atoms with van der Waals surface area (Å²) in [4.78, 5) is 17.0. The Labute approximate surface area is 176 Å². The standard InChI is InChI=1S/C23H24FN3O.ClH/c1-15-13-22(27-21-8-3-2-7-20(15)21)25-18-9-11-19(12-10-18)26-23(28)16-5-4-6-17(24)14-16;/h2-8,13-14,18-19H,9-12H2,1H3,(H,25,27)(H,26,28);1H. The molecule has 1 fully saturated rings. The molecule has 0 saturated heterocycles. The van der Waals surface area contributed by atoms with Crippen molar-refractivity contribution < 1.29 is 9.18 Å². The molecule has 0 unspecified atom stereocenters. The number of amides is 1. The summed E-state index contributed by atoms with van der Waals surface area (Å²) < 4.78 is 13.3. The first-order chi connectivity index (χ1) is 13.6. The Morgan fingerprint density at radius 2 is 1.72 bits per heavy atom. The zero-order valence-electron chi connectivity index (χ0n) is 16.3. The molecule has 2 aromatic carbocycles. The molecule has 1 amide bonds. The second-order valence-electron chi connectivity index (χ2n) is 7.52. The number of aryl methyl sites for hydroxylation is 1. The number of benzene rings is 2. The summed E-state index contributed by atoms with van der Waals surface area (Å²) in [6.45, 7) is 2.11. The highest BCUT2D eigenvalue weighted by atomic mass is 35.5. The van der Waals surface area contributed by atoms with Gasteiger partial charge in [0.05, 0.1) is 5.52 Å². The van der Waals surface area contributed by atoms with Crippen molar-refractivity contribution in [2.75, 3.05) is 5.32 Å². The fraction of sp³-hybridized carbons (Fsp3) is 0.304. The molecule has 0 spiro atoms. The zero-order chi connectivity index (χ0) is 19.5. The van der Waals surface area contributed by atoms with E-state index < -0.39 is 5.82 Å². The predicted octanol–water partition coefficient (Wildman–Crippen LogP) is 5.26. The summed E-state index contributed by atoms with van der Waals surface area (Å²) in [6, 6.07) is 16.5. The molecule has 0 radical (unpaired) electrons. The van der Waals surface area contributed by atoms with E-state index in [0.717, 1.165) is 37.0 Å². The summed E-state index contributed by atoms with van der Waals surface area (Å²) in [5.74, 6) is 0.310. The topological polar surface area (TPSA) is 54.0 Å². The number of carbonyl (C=O) groups is 1. The highest BCUT2D eigenvalue weighted by Crippen LogP contribution is 2.25. The Morgan fingerprint density at radius 3 is 2.48 bits per heavy atom. The smallest absolute Gasteiger partial charge is 0.251 e. The number of aromatic nitrogens is 1. The lowest BCUT2D eigenvalue weighted by molar-refractivity contribution is 0.0926. The van der Waals surface area contributed by atoms with Gasteiger partial charge in [0.15, 0.2) is 0 Å². The maximum Gasteiger partial charge on any atom is 0.251 e. The summed E-state index contributed by atoms with van der Waals surface area (Å²) >= 11 is 0. The van der Waals surface area contributed by atoms with E-state index in [0.29, 0.717) is 11.6 Å². The first-order valence-corrected chi connectivity index (χ1v) is 9.78. The molecule has 4 rings (SSSR count). The fourth-order valence-electron chi connectivity index (χ4n) is 3.91. The van der Waals surface area contributed by atoms with E-state index in [-0.39, 0.29) is 24.4 Å². The van der Waals surface area contributed by atoms with Gasteiger partial charge in [-0.3, -0.25) is 4.79 Å². The van der Waals surface area contributed by atoms with E-state index in [4.69, 9.17) is 4.98 Å². The number of hydrogen-bond donors (Lipinski definition) is 2. The van der Waals surface area contributed by atoms with Crippen molar-refractivity contribution in [3.8, 4) is 0 Å². The van der Waals surface area contributed by atoms with Gasteiger partial charge in [0.2, 0.25) is 0 Å². The van der Waals surface area contributed by atoms with E-state index in [1.54, 1.807) is 12.1 Å². The van der Waals surface area contributed by atoms with E-state index >= 15 is 0 Å². The largest absolute Gasteiger partial charge is 0.367 e. The summed E-state index contributed by atoms with van der Waals surface area (Å²) in [6.07, 6.45) is 3.71. The lowest BCUT2D eigenvalue weighted by Crippen LogP contribution is -2.40. The monoisotopic (exact) mass is 413 g/mol. The van der Waals surface area contributed by atoms with Gasteiger partial charge in [0.1, 0.15) is 11.6 Å². The van der Waals surface area contributed by atoms with Crippen molar-refractivity contribution in [1.82, 2.24) is 10.3 Å². The lowest BCUT2D eigenvalue weighted by Gasteiger charge is -2.30. The molecule has 3 aromatic rings. The van der Waals surface area contributed by atoms with Crippen molar-refractivity contribution in [2.24, 2.45) is 0 Å². The van der Waals surface area contributed by atoms with Crippen LogP contribution in [0.3, 0.4) is 0 Å². The first kappa shape index (κ1) is 21.1. The third-order valence-electron chi connectivity index (χ3n) is 5.42. The van der Waals surface area contributed by atoms with Crippen LogP contribution in [0.15, 0.2) is 54.6 Å². The number of rotatable bonds is 4. The van der Waals surface area contributed by atoms with Crippen molar-refractivity contribution >= 4 is 35.0 Å². The van der Waals surface area contributed by atoms with Gasteiger partial charge < -0.3 is 10.6 Å². The lowest BCUT2D eigenvalue weighted by atomic mass is 9.91. The van der Waals surface area contributed by atoms with Crippen LogP contribution in [0.1, 0.15) is 41.6 Å². The average molecular weight is 414 g/mol. The van der Waals surface area contributed by atoms with Crippen LogP contribution in [0.25, 0.3) is 10.9 Å². The maximum atomic E-state index is 13.3. The van der Waals surface area contributed by atoms with Crippen LogP contribution in [0, 0.1) is 12.7 Å². The van der Waals surface area contributed by atoms with Gasteiger partial charge in [0, 0.05) is 23.0 Å². The van der Waals surface area contributed by atoms with Gasteiger partial charge >= 0.3 is 0 Å². The molecule has 4 nitrogen and oxygen atoms in total. The number of nitrogens with one attached hydrogen (secondary N) is 2. The number of nitrogens with zero attached hydrogens (tertiary/aromatic N) is 1. The van der Waals surface area contributed by atoms with E-state index in [1.807, 2.05) is 18.2 Å². The molecule has 6 heteroatoms. The minimum Gasteiger partial charge on any atom is -0.367 e. The molecule has 0 bridgehead atoms. The maximum absolute atomic E-state index is 13.3. The van der Waals surface area contributed by atoms with Crippen LogP contribution >= 0.6 is 12.4 Å². The number of halogens is 2. The number of hydrogen-bond acceptors (Lipinski definition) is 3. The van der Waals surface area contributed by atoms with Crippen LogP contribution in [-0.2, 0) is 0 Å². The zero-order valence-corrected chi connectivity index (χ0v) is 17.1. The van der Waals surface area contributed by atoms with Crippen molar-refractivity contribution in [1.29, 1.82) is 0 Å². The third-order valence-corrected chi connectivity index (χ3v) is 5.42. The Hall–Kier alpha value is -2.66. The van der Waals surface area contributed by atoms with Crippen LogP contribution < -0.4 is 10.6 Å². The number of carbonyl (C=O) groups excluding carboxylic acids is 1. The molecule has 152 valence electrons. The SMILES string of the molecule is Cc1cc(NC2CCC(NC(=O)c3cccc(F)c3)CC2)nc2ccccc12.Cl. The first-order valence-electron chi connectivity index (χ1n) is 9.78. The molecule has 1 saturated carbocycles. The quantitative estimate of drug-likeness (QED) is 0.613. The average Bonchev–Trinajstić information content (AvgIpc) is 2.69. The van der Waals surface area contributed by atoms with Crippen LogP contribution in [0.2, 0.25) is 0 Å². The van der Waals surface area contributed by atoms with Crippen LogP contribution in [0.5, 0.6) is 0 Å². The molecule has 1 aliphatic carbocycles. The van der Waals surface area contributed by atoms with Crippen molar-refractivity contribution in [2.45, 2.75) is 44.7 Å². The number of anilines is 1. The summed E-state index contributed by atoms with van der Waals surface area (Å²) in [7, 11) is 0. The van der Waals surface area contributed by atoms with Crippen LogP contribution in [0.4, 0.5) is 10.2 Å². The van der Waals surface area contributed by atoms with Gasteiger partial charge in [-0.15, -0.1) is 12.4 Å². The van der Waals surface area contributed by atoms with Crippen molar-refractivity contribution in [3.63, 3.8) is 0 Å². The molecule has 0 atom stereocenters. The van der Waals surface area contributed by atoms with E-state index in [2.05, 4.69) is 29.7 Å². The molecular formula is C23H25ClFN3O. The molecular weight excluding hydrogens is 389 g/mol. The molecule has 1 aliphatic rings. The molecule has 2 N–H and O–H groups in total. The van der Waals surface area contributed by atoms with Gasteiger partial charge in [-0.2, -0.15) is 0 Å². The minimum atomic E-state index is -0.390. The van der Waals surface area contributed by atoms with Gasteiger partial charge in [-0.25, -0.2) is 9.37 Å². The normalized spacial score (nSPS) is 18.7. The van der Waals surface area contributed by atoms with E-state index in [9.17, 15) is 9.18 Å². The second kappa shape index (κ2) is 9.23. The highest BCUT2D eigenvalue weighted by molar-refractivity contribution is 5.94. The predicted molar refractivity (Wildman–Crippen MR) is 117 cm³/mol. The van der Waals surface area contributed by atoms with Gasteiger partial charge in [-0.1, -0.05) is 24.3 Å². The Morgan fingerprint density at radius 1 is 1.00 bits per heavy atom. The molecule has 0 aliphatic heterocycles. The fourth-order valence-corrected chi connectivity index (χ4v) is 3.91. The minimum absolute atomic E-state index is 0. The number of fused-ring (bicyclic) bond motifs is 1. The Balaban J connectivity index is 0.00000240. The van der Waals surface area contributed by atoms with Gasteiger partial charge in [-0.05, 0) is 68.5 Å². The third kappa shape index (κ3) is 5.04. The Bertz CT molecular complexity index is 1000. The molecule has 1 aromatic heterocycles.